The Morgan fingerprint density at radius 1 is 1.02 bits per heavy atom. The highest BCUT2D eigenvalue weighted by Crippen LogP contribution is 2.43. The van der Waals surface area contributed by atoms with Crippen molar-refractivity contribution in [3.05, 3.63) is 106 Å². The number of aromatic amines is 1. The number of benzene rings is 3. The van der Waals surface area contributed by atoms with Crippen LogP contribution < -0.4 is 19.1 Å². The number of carbonyl (C=O) groups is 1. The Morgan fingerprint density at radius 3 is 2.59 bits per heavy atom. The third kappa shape index (κ3) is 9.71. The Morgan fingerprint density at radius 2 is 1.83 bits per heavy atom. The lowest BCUT2D eigenvalue weighted by molar-refractivity contribution is 0.0896. The Bertz CT molecular complexity index is 2460. The van der Waals surface area contributed by atoms with E-state index in [-0.39, 0.29) is 38.6 Å². The number of nitrogens with one attached hydrogen (secondary N) is 2. The second-order valence-electron chi connectivity index (χ2n) is 16.2. The summed E-state index contributed by atoms with van der Waals surface area (Å²) in [6, 6.07) is 20.1. The van der Waals surface area contributed by atoms with Crippen molar-refractivity contribution in [2.75, 3.05) is 50.8 Å². The molecule has 1 unspecified atom stereocenters. The molecule has 12 nitrogen and oxygen atoms in total. The lowest BCUT2D eigenvalue weighted by Crippen LogP contribution is -2.47. The van der Waals surface area contributed by atoms with Crippen LogP contribution in [-0.4, -0.2) is 86.4 Å². The molecule has 15 heteroatoms. The van der Waals surface area contributed by atoms with Gasteiger partial charge in [-0.25, -0.2) is 18.1 Å². The zero-order valence-electron chi connectivity index (χ0n) is 33.2. The fourth-order valence-electron chi connectivity index (χ4n) is 8.08. The number of amides is 1. The van der Waals surface area contributed by atoms with Gasteiger partial charge in [-0.15, -0.1) is 0 Å². The third-order valence-electron chi connectivity index (χ3n) is 11.4. The molecule has 1 atom stereocenters. The fourth-order valence-corrected chi connectivity index (χ4v) is 9.43. The van der Waals surface area contributed by atoms with Crippen molar-refractivity contribution in [1.82, 2.24) is 24.8 Å². The number of carbonyl (C=O) groups excluding carboxylic acids is 1. The molecule has 1 aliphatic carbocycles. The molecule has 8 rings (SSSR count). The van der Waals surface area contributed by atoms with Crippen LogP contribution in [0.15, 0.2) is 89.6 Å². The van der Waals surface area contributed by atoms with E-state index in [4.69, 9.17) is 37.4 Å². The van der Waals surface area contributed by atoms with Gasteiger partial charge >= 0.3 is 0 Å². The number of H-pyrrole nitrogens is 1. The van der Waals surface area contributed by atoms with Gasteiger partial charge < -0.3 is 19.1 Å². The maximum atomic E-state index is 13.9. The van der Waals surface area contributed by atoms with Crippen molar-refractivity contribution in [2.45, 2.75) is 63.4 Å². The van der Waals surface area contributed by atoms with E-state index in [1.54, 1.807) is 24.4 Å². The molecule has 2 aliphatic heterocycles. The molecule has 2 fully saturated rings. The topological polar surface area (TPSA) is 139 Å². The van der Waals surface area contributed by atoms with Crippen molar-refractivity contribution < 1.29 is 27.4 Å². The number of allylic oxidation sites excluding steroid dienone is 1. The van der Waals surface area contributed by atoms with Gasteiger partial charge in [-0.3, -0.25) is 14.8 Å². The summed E-state index contributed by atoms with van der Waals surface area (Å²) >= 11 is 12.6. The highest BCUT2D eigenvalue weighted by Gasteiger charge is 2.30. The Hall–Kier alpha value is -4.66. The van der Waals surface area contributed by atoms with Crippen LogP contribution >= 0.6 is 23.2 Å². The molecule has 3 aliphatic rings. The number of rotatable bonds is 13. The zero-order chi connectivity index (χ0) is 41.1. The number of nitrogens with zero attached hydrogens (tertiary/aromatic N) is 4. The Balaban J connectivity index is 0.988. The molecule has 5 aromatic rings. The van der Waals surface area contributed by atoms with Gasteiger partial charge in [-0.2, -0.15) is 5.10 Å². The summed E-state index contributed by atoms with van der Waals surface area (Å²) < 4.78 is 47.1. The van der Waals surface area contributed by atoms with Gasteiger partial charge in [-0.05, 0) is 91.1 Å². The molecule has 0 bridgehead atoms. The first-order valence-corrected chi connectivity index (χ1v) is 22.3. The number of piperazine rings is 1. The third-order valence-corrected chi connectivity index (χ3v) is 13.2. The SMILES string of the molecule is CC1(C)CCC(CN2CCN(c3ccc(C(=O)NS(=O)(=O)c4cnc(OCCC5CCCO5)c(Cl)c4)c(Oc4cccc5[nH]ncc45)c3)CC2)=C(c2ccc(Cl)cc2)C1. The zero-order valence-corrected chi connectivity index (χ0v) is 35.5. The molecule has 1 amide bonds. The van der Waals surface area contributed by atoms with E-state index in [0.717, 1.165) is 93.9 Å². The quantitative estimate of drug-likeness (QED) is 0.118. The van der Waals surface area contributed by atoms with E-state index in [0.29, 0.717) is 24.2 Å². The van der Waals surface area contributed by atoms with Crippen LogP contribution in [0.3, 0.4) is 0 Å². The first-order valence-electron chi connectivity index (χ1n) is 20.1. The van der Waals surface area contributed by atoms with E-state index in [9.17, 15) is 13.2 Å². The predicted octanol–water partition coefficient (Wildman–Crippen LogP) is 8.91. The number of hydrogen-bond donors (Lipinski definition) is 2. The molecule has 4 heterocycles. The summed E-state index contributed by atoms with van der Waals surface area (Å²) in [4.78, 5) is 22.5. The maximum Gasteiger partial charge on any atom is 0.268 e. The summed E-state index contributed by atoms with van der Waals surface area (Å²) in [7, 11) is -4.39. The predicted molar refractivity (Wildman–Crippen MR) is 230 cm³/mol. The molecule has 2 N–H and O–H groups in total. The minimum absolute atomic E-state index is 0.00996. The van der Waals surface area contributed by atoms with Crippen molar-refractivity contribution >= 4 is 61.3 Å². The van der Waals surface area contributed by atoms with Crippen LogP contribution in [0.4, 0.5) is 5.69 Å². The molecular weight excluding hydrogens is 811 g/mol. The van der Waals surface area contributed by atoms with E-state index < -0.39 is 15.9 Å². The standard InChI is InChI=1S/C44H48Cl2N6O6S/c1-44(2)16-14-30(36(25-44)29-8-10-31(45)11-9-29)28-51-17-19-52(20-18-51)32-12-13-35(41(23-32)58-40-7-3-6-39-37(40)27-48-49-39)42(53)50-59(54,55)34-24-38(46)43(47-26-34)57-22-15-33-5-4-21-56-33/h3,6-13,23-24,26-27,33H,4-5,14-22,25,28H2,1-2H3,(H,48,49)(H,50,53). The van der Waals surface area contributed by atoms with Gasteiger partial charge in [0.25, 0.3) is 15.9 Å². The number of fused-ring (bicyclic) bond motifs is 1. The number of hydrogen-bond acceptors (Lipinski definition) is 10. The van der Waals surface area contributed by atoms with Crippen LogP contribution in [0, 0.1) is 5.41 Å². The highest BCUT2D eigenvalue weighted by molar-refractivity contribution is 7.90. The number of sulfonamides is 1. The summed E-state index contributed by atoms with van der Waals surface area (Å²) in [6.07, 6.45) is 8.80. The van der Waals surface area contributed by atoms with Gasteiger partial charge in [-0.1, -0.05) is 60.8 Å². The van der Waals surface area contributed by atoms with E-state index >= 15 is 0 Å². The molecule has 0 radical (unpaired) electrons. The van der Waals surface area contributed by atoms with Crippen molar-refractivity contribution in [3.63, 3.8) is 0 Å². The molecule has 0 spiro atoms. The van der Waals surface area contributed by atoms with E-state index in [2.05, 4.69) is 55.7 Å². The normalized spacial score (nSPS) is 18.6. The average Bonchev–Trinajstić information content (AvgIpc) is 3.93. The van der Waals surface area contributed by atoms with E-state index in [1.807, 2.05) is 30.3 Å². The van der Waals surface area contributed by atoms with Gasteiger partial charge in [0.15, 0.2) is 0 Å². The Labute approximate surface area is 354 Å². The summed E-state index contributed by atoms with van der Waals surface area (Å²) in [6.45, 7) is 9.87. The fraction of sp³-hybridized carbons (Fsp3) is 0.386. The van der Waals surface area contributed by atoms with Crippen LogP contribution in [-0.2, 0) is 14.8 Å². The van der Waals surface area contributed by atoms with Crippen LogP contribution in [0.1, 0.15) is 68.3 Å². The first-order chi connectivity index (χ1) is 28.4. The maximum absolute atomic E-state index is 13.9. The molecule has 59 heavy (non-hydrogen) atoms. The minimum Gasteiger partial charge on any atom is -0.477 e. The lowest BCUT2D eigenvalue weighted by atomic mass is 9.72. The van der Waals surface area contributed by atoms with Gasteiger partial charge in [0.2, 0.25) is 5.88 Å². The molecule has 2 saturated heterocycles. The van der Waals surface area contributed by atoms with Crippen molar-refractivity contribution in [1.29, 1.82) is 0 Å². The molecule has 2 aromatic heterocycles. The number of anilines is 1. The highest BCUT2D eigenvalue weighted by atomic mass is 35.5. The second kappa shape index (κ2) is 17.5. The van der Waals surface area contributed by atoms with Crippen molar-refractivity contribution in [2.24, 2.45) is 5.41 Å². The molecular formula is C44H48Cl2N6O6S. The molecule has 3 aromatic carbocycles. The number of halogens is 2. The minimum atomic E-state index is -4.39. The lowest BCUT2D eigenvalue weighted by Gasteiger charge is -2.39. The van der Waals surface area contributed by atoms with Crippen LogP contribution in [0.2, 0.25) is 10.0 Å². The van der Waals surface area contributed by atoms with Gasteiger partial charge in [0.05, 0.1) is 41.6 Å². The first kappa shape index (κ1) is 41.1. The second-order valence-corrected chi connectivity index (χ2v) is 18.8. The smallest absolute Gasteiger partial charge is 0.268 e. The monoisotopic (exact) mass is 858 g/mol. The number of pyridine rings is 1. The van der Waals surface area contributed by atoms with Crippen LogP contribution in [0.25, 0.3) is 16.5 Å². The Kier molecular flexibility index (Phi) is 12.2. The largest absolute Gasteiger partial charge is 0.477 e. The molecule has 0 saturated carbocycles. The summed E-state index contributed by atoms with van der Waals surface area (Å²) in [5.74, 6) is -0.112. The summed E-state index contributed by atoms with van der Waals surface area (Å²) in [5, 5.41) is 8.55. The van der Waals surface area contributed by atoms with Crippen molar-refractivity contribution in [3.8, 4) is 17.4 Å². The van der Waals surface area contributed by atoms with Gasteiger partial charge in [0.1, 0.15) is 21.4 Å². The van der Waals surface area contributed by atoms with E-state index in [1.165, 1.54) is 22.8 Å². The average molecular weight is 860 g/mol. The number of ether oxygens (including phenoxy) is 3. The van der Waals surface area contributed by atoms with Gasteiger partial charge in [0, 0.05) is 62.5 Å². The summed E-state index contributed by atoms with van der Waals surface area (Å²) in [5.41, 5.74) is 6.04. The number of aromatic nitrogens is 3. The molecule has 310 valence electrons. The van der Waals surface area contributed by atoms with Crippen LogP contribution in [0.5, 0.6) is 17.4 Å².